The zero-order valence-electron chi connectivity index (χ0n) is 10.2. The van der Waals surface area contributed by atoms with Crippen LogP contribution in [-0.2, 0) is 0 Å². The molecule has 0 aliphatic carbocycles. The van der Waals surface area contributed by atoms with Crippen LogP contribution in [0.5, 0.6) is 0 Å². The monoisotopic (exact) mass is 185 g/mol. The molecule has 0 aliphatic rings. The van der Waals surface area contributed by atoms with E-state index in [1.54, 1.807) is 0 Å². The second-order valence-corrected chi connectivity index (χ2v) is 5.01. The number of nitrogens with zero attached hydrogens (tertiary/aromatic N) is 1. The standard InChI is InChI=1S/C12H27N/c1-6-8-10-13(5)11-12(3,4)9-7-2/h6-11H2,1-5H3. The summed E-state index contributed by atoms with van der Waals surface area (Å²) in [6.07, 6.45) is 5.27. The Morgan fingerprint density at radius 2 is 1.69 bits per heavy atom. The zero-order chi connectivity index (χ0) is 10.3. The van der Waals surface area contributed by atoms with Crippen molar-refractivity contribution < 1.29 is 0 Å². The second kappa shape index (κ2) is 6.42. The highest BCUT2D eigenvalue weighted by Crippen LogP contribution is 2.22. The fourth-order valence-corrected chi connectivity index (χ4v) is 1.99. The number of hydrogen-bond donors (Lipinski definition) is 0. The van der Waals surface area contributed by atoms with Crippen LogP contribution in [0.2, 0.25) is 0 Å². The molecule has 0 aliphatic heterocycles. The van der Waals surface area contributed by atoms with E-state index >= 15 is 0 Å². The van der Waals surface area contributed by atoms with Crippen molar-refractivity contribution in [2.75, 3.05) is 20.1 Å². The summed E-state index contributed by atoms with van der Waals surface area (Å²) in [4.78, 5) is 2.47. The third-order valence-corrected chi connectivity index (χ3v) is 2.52. The van der Waals surface area contributed by atoms with Gasteiger partial charge in [-0.15, -0.1) is 0 Å². The molecule has 80 valence electrons. The molecule has 0 heterocycles. The van der Waals surface area contributed by atoms with Crippen molar-refractivity contribution in [3.8, 4) is 0 Å². The lowest BCUT2D eigenvalue weighted by molar-refractivity contribution is 0.195. The predicted molar refractivity (Wildman–Crippen MR) is 61.1 cm³/mol. The summed E-state index contributed by atoms with van der Waals surface area (Å²) < 4.78 is 0. The molecule has 0 unspecified atom stereocenters. The van der Waals surface area contributed by atoms with Crippen molar-refractivity contribution in [1.82, 2.24) is 4.90 Å². The summed E-state index contributed by atoms with van der Waals surface area (Å²) in [5.41, 5.74) is 0.497. The summed E-state index contributed by atoms with van der Waals surface area (Å²) in [7, 11) is 2.24. The van der Waals surface area contributed by atoms with Crippen LogP contribution in [0.1, 0.15) is 53.4 Å². The molecule has 0 fully saturated rings. The predicted octanol–water partition coefficient (Wildman–Crippen LogP) is 3.54. The normalized spacial score (nSPS) is 12.5. The average Bonchev–Trinajstić information content (AvgIpc) is 1.99. The Kier molecular flexibility index (Phi) is 6.40. The van der Waals surface area contributed by atoms with E-state index in [1.165, 1.54) is 38.8 Å². The van der Waals surface area contributed by atoms with Gasteiger partial charge in [0.05, 0.1) is 0 Å². The zero-order valence-corrected chi connectivity index (χ0v) is 10.2. The SMILES string of the molecule is CCCCN(C)CC(C)(C)CCC. The minimum Gasteiger partial charge on any atom is -0.306 e. The summed E-state index contributed by atoms with van der Waals surface area (Å²) in [6.45, 7) is 11.8. The van der Waals surface area contributed by atoms with Crippen molar-refractivity contribution in [2.45, 2.75) is 53.4 Å². The Hall–Kier alpha value is -0.0400. The highest BCUT2D eigenvalue weighted by Gasteiger charge is 2.18. The maximum atomic E-state index is 2.47. The molecule has 0 aromatic carbocycles. The van der Waals surface area contributed by atoms with Crippen LogP contribution in [0.3, 0.4) is 0 Å². The van der Waals surface area contributed by atoms with E-state index in [-0.39, 0.29) is 0 Å². The van der Waals surface area contributed by atoms with E-state index < -0.39 is 0 Å². The van der Waals surface area contributed by atoms with Crippen molar-refractivity contribution in [1.29, 1.82) is 0 Å². The minimum atomic E-state index is 0.497. The van der Waals surface area contributed by atoms with Gasteiger partial charge in [-0.25, -0.2) is 0 Å². The maximum Gasteiger partial charge on any atom is 0.00296 e. The van der Waals surface area contributed by atoms with Crippen LogP contribution in [0.4, 0.5) is 0 Å². The van der Waals surface area contributed by atoms with Crippen molar-refractivity contribution in [3.05, 3.63) is 0 Å². The molecule has 0 bridgehead atoms. The first kappa shape index (κ1) is 13.0. The molecule has 0 atom stereocenters. The maximum absolute atomic E-state index is 2.47. The third-order valence-electron chi connectivity index (χ3n) is 2.52. The fraction of sp³-hybridized carbons (Fsp3) is 1.00. The lowest BCUT2D eigenvalue weighted by atomic mass is 9.87. The molecule has 0 rings (SSSR count). The first-order valence-corrected chi connectivity index (χ1v) is 5.70. The van der Waals surface area contributed by atoms with Gasteiger partial charge in [0.15, 0.2) is 0 Å². The van der Waals surface area contributed by atoms with Crippen LogP contribution in [0, 0.1) is 5.41 Å². The Morgan fingerprint density at radius 3 is 2.15 bits per heavy atom. The van der Waals surface area contributed by atoms with Crippen molar-refractivity contribution in [2.24, 2.45) is 5.41 Å². The van der Waals surface area contributed by atoms with Gasteiger partial charge in [0.25, 0.3) is 0 Å². The van der Waals surface area contributed by atoms with Gasteiger partial charge in [-0.05, 0) is 31.8 Å². The molecular formula is C12H27N. The van der Waals surface area contributed by atoms with Gasteiger partial charge in [0.2, 0.25) is 0 Å². The molecule has 0 saturated carbocycles. The molecule has 0 radical (unpaired) electrons. The number of unbranched alkanes of at least 4 members (excludes halogenated alkanes) is 1. The first-order chi connectivity index (χ1) is 6.02. The van der Waals surface area contributed by atoms with Crippen LogP contribution in [0.25, 0.3) is 0 Å². The lowest BCUT2D eigenvalue weighted by Crippen LogP contribution is -2.31. The molecule has 13 heavy (non-hydrogen) atoms. The Labute approximate surface area is 84.5 Å². The van der Waals surface area contributed by atoms with Gasteiger partial charge >= 0.3 is 0 Å². The average molecular weight is 185 g/mol. The van der Waals surface area contributed by atoms with E-state index in [1.807, 2.05) is 0 Å². The summed E-state index contributed by atoms with van der Waals surface area (Å²) >= 11 is 0. The molecule has 0 aromatic rings. The molecular weight excluding hydrogens is 158 g/mol. The van der Waals surface area contributed by atoms with Gasteiger partial charge in [0, 0.05) is 6.54 Å². The lowest BCUT2D eigenvalue weighted by Gasteiger charge is -2.30. The van der Waals surface area contributed by atoms with Crippen LogP contribution >= 0.6 is 0 Å². The van der Waals surface area contributed by atoms with Gasteiger partial charge in [-0.3, -0.25) is 0 Å². The van der Waals surface area contributed by atoms with Crippen LogP contribution < -0.4 is 0 Å². The topological polar surface area (TPSA) is 3.24 Å². The largest absolute Gasteiger partial charge is 0.306 e. The molecule has 0 aromatic heterocycles. The van der Waals surface area contributed by atoms with E-state index in [2.05, 4.69) is 39.6 Å². The summed E-state index contributed by atoms with van der Waals surface area (Å²) in [6, 6.07) is 0. The molecule has 1 heteroatoms. The third kappa shape index (κ3) is 7.06. The molecule has 0 spiro atoms. The molecule has 0 amide bonds. The van der Waals surface area contributed by atoms with Gasteiger partial charge in [-0.1, -0.05) is 40.5 Å². The Bertz CT molecular complexity index is 118. The Balaban J connectivity index is 3.68. The number of hydrogen-bond acceptors (Lipinski definition) is 1. The van der Waals surface area contributed by atoms with Crippen molar-refractivity contribution >= 4 is 0 Å². The Morgan fingerprint density at radius 1 is 1.08 bits per heavy atom. The van der Waals surface area contributed by atoms with Gasteiger partial charge < -0.3 is 4.90 Å². The summed E-state index contributed by atoms with van der Waals surface area (Å²) in [5.74, 6) is 0. The fourth-order valence-electron chi connectivity index (χ4n) is 1.99. The van der Waals surface area contributed by atoms with E-state index in [0.29, 0.717) is 5.41 Å². The second-order valence-electron chi connectivity index (χ2n) is 5.01. The molecule has 0 N–H and O–H groups in total. The number of rotatable bonds is 7. The summed E-state index contributed by atoms with van der Waals surface area (Å²) in [5, 5.41) is 0. The van der Waals surface area contributed by atoms with Gasteiger partial charge in [-0.2, -0.15) is 0 Å². The first-order valence-electron chi connectivity index (χ1n) is 5.70. The van der Waals surface area contributed by atoms with E-state index in [4.69, 9.17) is 0 Å². The minimum absolute atomic E-state index is 0.497. The van der Waals surface area contributed by atoms with Gasteiger partial charge in [0.1, 0.15) is 0 Å². The molecule has 1 nitrogen and oxygen atoms in total. The quantitative estimate of drug-likeness (QED) is 0.586. The van der Waals surface area contributed by atoms with E-state index in [9.17, 15) is 0 Å². The van der Waals surface area contributed by atoms with Crippen LogP contribution in [-0.4, -0.2) is 25.0 Å². The highest BCUT2D eigenvalue weighted by molar-refractivity contribution is 4.71. The van der Waals surface area contributed by atoms with Crippen LogP contribution in [0.15, 0.2) is 0 Å². The highest BCUT2D eigenvalue weighted by atomic mass is 15.1. The van der Waals surface area contributed by atoms with Crippen molar-refractivity contribution in [3.63, 3.8) is 0 Å². The van der Waals surface area contributed by atoms with E-state index in [0.717, 1.165) is 0 Å². The molecule has 0 saturated heterocycles. The smallest absolute Gasteiger partial charge is 0.00296 e.